The van der Waals surface area contributed by atoms with E-state index in [-0.39, 0.29) is 18.6 Å². The lowest BCUT2D eigenvalue weighted by molar-refractivity contribution is 0.172. The molecule has 1 aromatic heterocycles. The summed E-state index contributed by atoms with van der Waals surface area (Å²) in [5, 5.41) is 19.1. The van der Waals surface area contributed by atoms with Gasteiger partial charge in [-0.2, -0.15) is 11.3 Å². The van der Waals surface area contributed by atoms with Gasteiger partial charge in [0.25, 0.3) is 0 Å². The monoisotopic (exact) mass is 334 g/mol. The molecule has 2 atom stereocenters. The van der Waals surface area contributed by atoms with Crippen LogP contribution in [0.5, 0.6) is 5.75 Å². The number of amides is 2. The van der Waals surface area contributed by atoms with Gasteiger partial charge in [0.05, 0.1) is 12.1 Å². The molecule has 0 fully saturated rings. The fourth-order valence-corrected chi connectivity index (χ4v) is 2.72. The Morgan fingerprint density at radius 3 is 2.91 bits per heavy atom. The van der Waals surface area contributed by atoms with Crippen LogP contribution in [0.15, 0.2) is 41.1 Å². The molecule has 0 bridgehead atoms. The van der Waals surface area contributed by atoms with Gasteiger partial charge in [-0.3, -0.25) is 0 Å². The minimum atomic E-state index is -0.689. The Hall–Kier alpha value is -2.05. The van der Waals surface area contributed by atoms with E-state index in [4.69, 9.17) is 4.74 Å². The van der Waals surface area contributed by atoms with E-state index in [2.05, 4.69) is 10.6 Å². The summed E-state index contributed by atoms with van der Waals surface area (Å²) >= 11 is 1.51. The number of rotatable bonds is 7. The van der Waals surface area contributed by atoms with Gasteiger partial charge >= 0.3 is 6.03 Å². The Bertz CT molecular complexity index is 616. The van der Waals surface area contributed by atoms with Crippen LogP contribution in [0, 0.1) is 6.92 Å². The average Bonchev–Trinajstić information content (AvgIpc) is 3.05. The number of aliphatic hydroxyl groups excluding tert-OH is 1. The molecule has 0 aliphatic carbocycles. The van der Waals surface area contributed by atoms with Crippen molar-refractivity contribution < 1.29 is 14.6 Å². The quantitative estimate of drug-likeness (QED) is 0.729. The van der Waals surface area contributed by atoms with Gasteiger partial charge in [-0.15, -0.1) is 0 Å². The van der Waals surface area contributed by atoms with E-state index in [1.54, 1.807) is 0 Å². The second-order valence-corrected chi connectivity index (χ2v) is 6.24. The number of urea groups is 1. The van der Waals surface area contributed by atoms with E-state index >= 15 is 0 Å². The maximum Gasteiger partial charge on any atom is 0.315 e. The van der Waals surface area contributed by atoms with Crippen LogP contribution in [0.25, 0.3) is 0 Å². The molecule has 6 heteroatoms. The molecule has 5 nitrogen and oxygen atoms in total. The second-order valence-electron chi connectivity index (χ2n) is 5.46. The summed E-state index contributed by atoms with van der Waals surface area (Å²) < 4.78 is 5.64. The van der Waals surface area contributed by atoms with Crippen molar-refractivity contribution in [1.29, 1.82) is 0 Å². The minimum Gasteiger partial charge on any atom is -0.491 e. The van der Waals surface area contributed by atoms with Gasteiger partial charge < -0.3 is 20.5 Å². The second kappa shape index (κ2) is 8.55. The summed E-state index contributed by atoms with van der Waals surface area (Å²) in [4.78, 5) is 11.8. The van der Waals surface area contributed by atoms with Crippen LogP contribution in [0.1, 0.15) is 24.2 Å². The van der Waals surface area contributed by atoms with Crippen molar-refractivity contribution in [2.75, 3.05) is 13.2 Å². The zero-order valence-electron chi connectivity index (χ0n) is 13.3. The fraction of sp³-hybridized carbons (Fsp3) is 0.353. The number of carbonyl (C=O) groups is 1. The van der Waals surface area contributed by atoms with Crippen LogP contribution in [-0.4, -0.2) is 30.3 Å². The largest absolute Gasteiger partial charge is 0.491 e. The molecule has 2 amide bonds. The third-order valence-electron chi connectivity index (χ3n) is 3.25. The number of aryl methyl sites for hydroxylation is 1. The molecule has 0 spiro atoms. The van der Waals surface area contributed by atoms with Crippen molar-refractivity contribution >= 4 is 17.4 Å². The van der Waals surface area contributed by atoms with Gasteiger partial charge in [-0.1, -0.05) is 12.1 Å². The molecule has 2 aromatic rings. The first-order chi connectivity index (χ1) is 11.0. The lowest BCUT2D eigenvalue weighted by Crippen LogP contribution is -2.44. The number of ether oxygens (including phenoxy) is 1. The average molecular weight is 334 g/mol. The van der Waals surface area contributed by atoms with Crippen molar-refractivity contribution in [2.24, 2.45) is 0 Å². The van der Waals surface area contributed by atoms with Gasteiger partial charge in [0.2, 0.25) is 0 Å². The molecule has 0 radical (unpaired) electrons. The zero-order valence-corrected chi connectivity index (χ0v) is 14.1. The summed E-state index contributed by atoms with van der Waals surface area (Å²) in [6.45, 7) is 4.42. The minimum absolute atomic E-state index is 0.145. The standard InChI is InChI=1S/C17H22N2O3S/c1-12-4-3-5-15(8-12)22-10-13(2)19-17(21)18-9-16(20)14-6-7-23-11-14/h3-8,11,13,16,20H,9-10H2,1-2H3,(H2,18,19,21). The van der Waals surface area contributed by atoms with E-state index < -0.39 is 6.10 Å². The maximum absolute atomic E-state index is 11.8. The fourth-order valence-electron chi connectivity index (χ4n) is 2.01. The maximum atomic E-state index is 11.8. The van der Waals surface area contributed by atoms with Gasteiger partial charge in [0.15, 0.2) is 0 Å². The number of carbonyl (C=O) groups excluding carboxylic acids is 1. The van der Waals surface area contributed by atoms with E-state index in [0.717, 1.165) is 16.9 Å². The van der Waals surface area contributed by atoms with Crippen LogP contribution >= 0.6 is 11.3 Å². The molecule has 0 saturated heterocycles. The third kappa shape index (κ3) is 5.92. The lowest BCUT2D eigenvalue weighted by Gasteiger charge is -2.17. The van der Waals surface area contributed by atoms with Crippen LogP contribution in [-0.2, 0) is 0 Å². The molecule has 3 N–H and O–H groups in total. The third-order valence-corrected chi connectivity index (χ3v) is 3.95. The van der Waals surface area contributed by atoms with Crippen molar-refractivity contribution in [3.05, 3.63) is 52.2 Å². The highest BCUT2D eigenvalue weighted by Crippen LogP contribution is 2.15. The summed E-state index contributed by atoms with van der Waals surface area (Å²) in [7, 11) is 0. The molecule has 1 heterocycles. The van der Waals surface area contributed by atoms with Crippen LogP contribution in [0.3, 0.4) is 0 Å². The van der Waals surface area contributed by atoms with E-state index in [1.807, 2.05) is 54.9 Å². The summed E-state index contributed by atoms with van der Waals surface area (Å²) in [6, 6.07) is 9.14. The summed E-state index contributed by atoms with van der Waals surface area (Å²) in [6.07, 6.45) is -0.689. The molecule has 0 aliphatic rings. The molecule has 0 saturated carbocycles. The normalized spacial score (nSPS) is 13.2. The first-order valence-corrected chi connectivity index (χ1v) is 8.43. The molecule has 0 aliphatic heterocycles. The molecule has 2 unspecified atom stereocenters. The van der Waals surface area contributed by atoms with Gasteiger partial charge in [-0.25, -0.2) is 4.79 Å². The number of benzene rings is 1. The molecule has 2 rings (SSSR count). The first kappa shape index (κ1) is 17.3. The molecular weight excluding hydrogens is 312 g/mol. The Labute approximate surface area is 140 Å². The topological polar surface area (TPSA) is 70.6 Å². The molecular formula is C17H22N2O3S. The SMILES string of the molecule is Cc1cccc(OCC(C)NC(=O)NCC(O)c2ccsc2)c1. The van der Waals surface area contributed by atoms with Crippen LogP contribution in [0.2, 0.25) is 0 Å². The van der Waals surface area contributed by atoms with E-state index in [9.17, 15) is 9.90 Å². The first-order valence-electron chi connectivity index (χ1n) is 7.48. The molecule has 124 valence electrons. The van der Waals surface area contributed by atoms with Crippen molar-refractivity contribution in [3.63, 3.8) is 0 Å². The molecule has 1 aromatic carbocycles. The van der Waals surface area contributed by atoms with Crippen molar-refractivity contribution in [2.45, 2.75) is 26.0 Å². The van der Waals surface area contributed by atoms with Crippen LogP contribution < -0.4 is 15.4 Å². The number of hydrogen-bond donors (Lipinski definition) is 3. The smallest absolute Gasteiger partial charge is 0.315 e. The van der Waals surface area contributed by atoms with Gasteiger partial charge in [0.1, 0.15) is 12.4 Å². The van der Waals surface area contributed by atoms with E-state index in [1.165, 1.54) is 11.3 Å². The Balaban J connectivity index is 1.68. The Morgan fingerprint density at radius 2 is 2.22 bits per heavy atom. The number of hydrogen-bond acceptors (Lipinski definition) is 4. The predicted octanol–water partition coefficient (Wildman–Crippen LogP) is 2.86. The summed E-state index contributed by atoms with van der Waals surface area (Å²) in [5.41, 5.74) is 1.94. The Kier molecular flexibility index (Phi) is 6.43. The number of nitrogens with one attached hydrogen (secondary N) is 2. The van der Waals surface area contributed by atoms with E-state index in [0.29, 0.717) is 6.61 Å². The number of aliphatic hydroxyl groups is 1. The summed E-state index contributed by atoms with van der Waals surface area (Å²) in [5.74, 6) is 0.784. The van der Waals surface area contributed by atoms with Gasteiger partial charge in [0, 0.05) is 6.54 Å². The zero-order chi connectivity index (χ0) is 16.7. The highest BCUT2D eigenvalue weighted by atomic mass is 32.1. The number of thiophene rings is 1. The van der Waals surface area contributed by atoms with Gasteiger partial charge in [-0.05, 0) is 53.9 Å². The highest BCUT2D eigenvalue weighted by molar-refractivity contribution is 7.07. The van der Waals surface area contributed by atoms with Crippen LogP contribution in [0.4, 0.5) is 4.79 Å². The van der Waals surface area contributed by atoms with Crippen molar-refractivity contribution in [3.8, 4) is 5.75 Å². The lowest BCUT2D eigenvalue weighted by atomic mass is 10.2. The van der Waals surface area contributed by atoms with Crippen molar-refractivity contribution in [1.82, 2.24) is 10.6 Å². The molecule has 23 heavy (non-hydrogen) atoms. The highest BCUT2D eigenvalue weighted by Gasteiger charge is 2.11. The predicted molar refractivity (Wildman–Crippen MR) is 91.9 cm³/mol. The Morgan fingerprint density at radius 1 is 1.39 bits per heavy atom.